The van der Waals surface area contributed by atoms with Gasteiger partial charge in [0, 0.05) is 41.5 Å². The number of aromatic nitrogens is 4. The molecule has 6 heteroatoms. The molecule has 4 aromatic rings. The lowest BCUT2D eigenvalue weighted by Crippen LogP contribution is -2.02. The fourth-order valence-electron chi connectivity index (χ4n) is 2.34. The van der Waals surface area contributed by atoms with E-state index in [1.807, 2.05) is 24.4 Å². The highest BCUT2D eigenvalue weighted by Crippen LogP contribution is 2.24. The first-order valence-corrected chi connectivity index (χ1v) is 6.48. The monoisotopic (exact) mass is 277 g/mol. The van der Waals surface area contributed by atoms with Gasteiger partial charge in [-0.3, -0.25) is 9.78 Å². The molecule has 3 N–H and O–H groups in total. The molecule has 21 heavy (non-hydrogen) atoms. The van der Waals surface area contributed by atoms with Crippen molar-refractivity contribution in [1.82, 2.24) is 19.9 Å². The number of nitrogens with zero attached hydrogens (tertiary/aromatic N) is 2. The Hall–Kier alpha value is -3.15. The van der Waals surface area contributed by atoms with Gasteiger partial charge in [-0.1, -0.05) is 0 Å². The van der Waals surface area contributed by atoms with Crippen LogP contribution in [-0.2, 0) is 0 Å². The van der Waals surface area contributed by atoms with Gasteiger partial charge >= 0.3 is 0 Å². The first-order chi connectivity index (χ1) is 10.3. The van der Waals surface area contributed by atoms with E-state index in [2.05, 4.69) is 25.3 Å². The van der Waals surface area contributed by atoms with Crippen LogP contribution in [0.5, 0.6) is 0 Å². The number of hydrogen-bond donors (Lipinski definition) is 3. The maximum absolute atomic E-state index is 11.3. The van der Waals surface area contributed by atoms with Crippen molar-refractivity contribution < 1.29 is 0 Å². The summed E-state index contributed by atoms with van der Waals surface area (Å²) in [6.07, 6.45) is 5.15. The van der Waals surface area contributed by atoms with Crippen LogP contribution in [-0.4, -0.2) is 19.9 Å². The van der Waals surface area contributed by atoms with E-state index in [9.17, 15) is 4.79 Å². The molecule has 0 aliphatic rings. The minimum Gasteiger partial charge on any atom is -0.348 e. The normalized spacial score (nSPS) is 11.0. The number of nitrogens with one attached hydrogen (secondary N) is 3. The van der Waals surface area contributed by atoms with E-state index in [1.54, 1.807) is 12.4 Å². The maximum Gasteiger partial charge on any atom is 0.183 e. The van der Waals surface area contributed by atoms with Gasteiger partial charge in [-0.2, -0.15) is 0 Å². The van der Waals surface area contributed by atoms with Crippen LogP contribution in [0.4, 0.5) is 11.6 Å². The van der Waals surface area contributed by atoms with Crippen LogP contribution in [0, 0.1) is 0 Å². The molecule has 4 rings (SSSR count). The first kappa shape index (κ1) is 11.7. The summed E-state index contributed by atoms with van der Waals surface area (Å²) in [7, 11) is 0. The number of hydrogen-bond acceptors (Lipinski definition) is 4. The van der Waals surface area contributed by atoms with Crippen molar-refractivity contribution in [2.24, 2.45) is 0 Å². The third-order valence-corrected chi connectivity index (χ3v) is 3.30. The van der Waals surface area contributed by atoms with Gasteiger partial charge in [0.15, 0.2) is 5.43 Å². The van der Waals surface area contributed by atoms with Gasteiger partial charge in [-0.15, -0.1) is 0 Å². The zero-order chi connectivity index (χ0) is 14.2. The molecule has 0 aliphatic heterocycles. The lowest BCUT2D eigenvalue weighted by Gasteiger charge is -2.04. The predicted molar refractivity (Wildman–Crippen MR) is 81.7 cm³/mol. The molecule has 4 aromatic heterocycles. The average molecular weight is 277 g/mol. The van der Waals surface area contributed by atoms with Gasteiger partial charge in [-0.25, -0.2) is 4.98 Å². The molecule has 0 bridgehead atoms. The Balaban J connectivity index is 1.80. The van der Waals surface area contributed by atoms with E-state index in [4.69, 9.17) is 0 Å². The van der Waals surface area contributed by atoms with Gasteiger partial charge in [0.25, 0.3) is 0 Å². The molecule has 0 amide bonds. The van der Waals surface area contributed by atoms with Crippen LogP contribution in [0.25, 0.3) is 21.9 Å². The molecule has 0 fully saturated rings. The standard InChI is InChI=1S/C15H11N5O/c21-9-3-6-17-14(7-9)19-13-2-1-10-11-8-16-5-4-12(11)18-15(10)20-13/h1-8H,(H3,17,18,19,20,21). The van der Waals surface area contributed by atoms with E-state index in [0.717, 1.165) is 21.9 Å². The van der Waals surface area contributed by atoms with E-state index < -0.39 is 0 Å². The van der Waals surface area contributed by atoms with Crippen molar-refractivity contribution >= 4 is 33.6 Å². The van der Waals surface area contributed by atoms with Crippen LogP contribution >= 0.6 is 0 Å². The van der Waals surface area contributed by atoms with E-state index >= 15 is 0 Å². The second-order valence-corrected chi connectivity index (χ2v) is 4.70. The minimum absolute atomic E-state index is 0.0611. The topological polar surface area (TPSA) is 86.5 Å². The average Bonchev–Trinajstić information content (AvgIpc) is 2.85. The van der Waals surface area contributed by atoms with Crippen molar-refractivity contribution in [1.29, 1.82) is 0 Å². The summed E-state index contributed by atoms with van der Waals surface area (Å²) < 4.78 is 0. The van der Waals surface area contributed by atoms with Gasteiger partial charge in [0.1, 0.15) is 17.3 Å². The highest BCUT2D eigenvalue weighted by atomic mass is 16.1. The smallest absolute Gasteiger partial charge is 0.183 e. The number of anilines is 2. The van der Waals surface area contributed by atoms with E-state index in [1.165, 1.54) is 12.1 Å². The maximum atomic E-state index is 11.3. The fraction of sp³-hybridized carbons (Fsp3) is 0. The van der Waals surface area contributed by atoms with Crippen LogP contribution in [0.1, 0.15) is 0 Å². The number of aromatic amines is 2. The Morgan fingerprint density at radius 2 is 2.05 bits per heavy atom. The Morgan fingerprint density at radius 1 is 1.10 bits per heavy atom. The largest absolute Gasteiger partial charge is 0.348 e. The Labute approximate surface area is 118 Å². The zero-order valence-electron chi connectivity index (χ0n) is 10.9. The van der Waals surface area contributed by atoms with E-state index in [0.29, 0.717) is 11.6 Å². The predicted octanol–water partition coefficient (Wildman–Crippen LogP) is 2.54. The molecule has 0 atom stereocenters. The molecule has 0 saturated carbocycles. The first-order valence-electron chi connectivity index (χ1n) is 6.48. The molecule has 0 radical (unpaired) electrons. The lowest BCUT2D eigenvalue weighted by atomic mass is 10.2. The number of fused-ring (bicyclic) bond motifs is 3. The molecule has 0 unspecified atom stereocenters. The quantitative estimate of drug-likeness (QED) is 0.525. The molecule has 0 saturated heterocycles. The lowest BCUT2D eigenvalue weighted by molar-refractivity contribution is 1.25. The third kappa shape index (κ3) is 2.02. The highest BCUT2D eigenvalue weighted by Gasteiger charge is 2.06. The van der Waals surface area contributed by atoms with Crippen molar-refractivity contribution in [2.45, 2.75) is 0 Å². The van der Waals surface area contributed by atoms with Gasteiger partial charge in [0.05, 0.1) is 5.52 Å². The molecule has 0 aliphatic carbocycles. The summed E-state index contributed by atoms with van der Waals surface area (Å²) >= 11 is 0. The third-order valence-electron chi connectivity index (χ3n) is 3.30. The second kappa shape index (κ2) is 4.45. The highest BCUT2D eigenvalue weighted by molar-refractivity contribution is 6.05. The molecule has 6 nitrogen and oxygen atoms in total. The molecular formula is C15H11N5O. The number of pyridine rings is 3. The van der Waals surface area contributed by atoms with Crippen LogP contribution < -0.4 is 10.7 Å². The van der Waals surface area contributed by atoms with Crippen molar-refractivity contribution in [3.8, 4) is 0 Å². The SMILES string of the molecule is O=c1cc[nH]c(Nc2ccc3c(n2)[nH]c2ccncc23)c1. The molecule has 102 valence electrons. The Bertz CT molecular complexity index is 1000. The van der Waals surface area contributed by atoms with Crippen molar-refractivity contribution in [2.75, 3.05) is 5.32 Å². The molecule has 4 heterocycles. The summed E-state index contributed by atoms with van der Waals surface area (Å²) in [5.74, 6) is 1.26. The molecular weight excluding hydrogens is 266 g/mol. The van der Waals surface area contributed by atoms with Gasteiger partial charge < -0.3 is 15.3 Å². The van der Waals surface area contributed by atoms with E-state index in [-0.39, 0.29) is 5.43 Å². The molecule has 0 spiro atoms. The number of H-pyrrole nitrogens is 2. The summed E-state index contributed by atoms with van der Waals surface area (Å²) in [4.78, 5) is 26.2. The summed E-state index contributed by atoms with van der Waals surface area (Å²) in [5, 5.41) is 5.14. The van der Waals surface area contributed by atoms with Crippen molar-refractivity contribution in [3.63, 3.8) is 0 Å². The Morgan fingerprint density at radius 3 is 2.95 bits per heavy atom. The second-order valence-electron chi connectivity index (χ2n) is 4.70. The summed E-state index contributed by atoms with van der Waals surface area (Å²) in [5.41, 5.74) is 1.72. The van der Waals surface area contributed by atoms with Gasteiger partial charge in [0.2, 0.25) is 0 Å². The van der Waals surface area contributed by atoms with Crippen LogP contribution in [0.2, 0.25) is 0 Å². The Kier molecular flexibility index (Phi) is 2.47. The summed E-state index contributed by atoms with van der Waals surface area (Å²) in [6.45, 7) is 0. The van der Waals surface area contributed by atoms with Crippen molar-refractivity contribution in [3.05, 3.63) is 59.1 Å². The minimum atomic E-state index is -0.0611. The fourth-order valence-corrected chi connectivity index (χ4v) is 2.34. The zero-order valence-corrected chi connectivity index (χ0v) is 10.9. The number of rotatable bonds is 2. The molecule has 0 aromatic carbocycles. The van der Waals surface area contributed by atoms with Crippen LogP contribution in [0.3, 0.4) is 0 Å². The van der Waals surface area contributed by atoms with Gasteiger partial charge in [-0.05, 0) is 18.2 Å². The van der Waals surface area contributed by atoms with Crippen LogP contribution in [0.15, 0.2) is 53.7 Å². The summed E-state index contributed by atoms with van der Waals surface area (Å²) in [6, 6.07) is 8.71.